The minimum atomic E-state index is 0.690. The van der Waals surface area contributed by atoms with Gasteiger partial charge in [-0.2, -0.15) is 0 Å². The van der Waals surface area contributed by atoms with Crippen molar-refractivity contribution in [2.24, 2.45) is 4.99 Å². The van der Waals surface area contributed by atoms with Crippen LogP contribution in [-0.4, -0.2) is 66.7 Å². The summed E-state index contributed by atoms with van der Waals surface area (Å²) in [5.41, 5.74) is 3.53. The van der Waals surface area contributed by atoms with Crippen LogP contribution in [0.2, 0.25) is 0 Å². The number of piperazine rings is 1. The number of hydrogen-bond donors (Lipinski definition) is 1. The molecule has 1 saturated heterocycles. The van der Waals surface area contributed by atoms with Gasteiger partial charge < -0.3 is 19.6 Å². The molecule has 4 rings (SSSR count). The van der Waals surface area contributed by atoms with Crippen LogP contribution in [0, 0.1) is 6.92 Å². The van der Waals surface area contributed by atoms with Crippen LogP contribution in [0.4, 0.5) is 5.69 Å². The van der Waals surface area contributed by atoms with Crippen LogP contribution in [0.25, 0.3) is 0 Å². The topological polar surface area (TPSA) is 60.1 Å². The number of aryl methyl sites for hydroxylation is 1. The number of benzene rings is 1. The molecule has 2 aliphatic rings. The van der Waals surface area contributed by atoms with E-state index in [1.54, 1.807) is 0 Å². The summed E-state index contributed by atoms with van der Waals surface area (Å²) < 4.78 is 5.19. The molecule has 0 bridgehead atoms. The number of nitrogens with zero attached hydrogens (tertiary/aromatic N) is 5. The van der Waals surface area contributed by atoms with Crippen molar-refractivity contribution in [2.75, 3.05) is 50.7 Å². The maximum Gasteiger partial charge on any atom is 0.194 e. The molecule has 0 radical (unpaired) electrons. The molecule has 30 heavy (non-hydrogen) atoms. The maximum atomic E-state index is 5.19. The number of aliphatic imine (C=N–C) groups is 1. The van der Waals surface area contributed by atoms with E-state index >= 15 is 0 Å². The molecule has 0 aliphatic carbocycles. The predicted molar refractivity (Wildman–Crippen MR) is 121 cm³/mol. The van der Waals surface area contributed by atoms with E-state index in [9.17, 15) is 0 Å². The lowest BCUT2D eigenvalue weighted by Crippen LogP contribution is -2.52. The normalized spacial score (nSPS) is 17.7. The summed E-state index contributed by atoms with van der Waals surface area (Å²) in [6.07, 6.45) is 4.44. The van der Waals surface area contributed by atoms with Gasteiger partial charge in [0, 0.05) is 64.1 Å². The smallest absolute Gasteiger partial charge is 0.194 e. The highest BCUT2D eigenvalue weighted by molar-refractivity contribution is 5.80. The Balaban J connectivity index is 1.34. The first kappa shape index (κ1) is 20.5. The first-order chi connectivity index (χ1) is 14.7. The molecular weight excluding hydrogens is 376 g/mol. The van der Waals surface area contributed by atoms with Gasteiger partial charge in [0.1, 0.15) is 5.76 Å². The Hall–Kier alpha value is -2.80. The first-order valence-corrected chi connectivity index (χ1v) is 10.9. The molecule has 160 valence electrons. The summed E-state index contributed by atoms with van der Waals surface area (Å²) in [4.78, 5) is 12.1. The molecule has 0 atom stereocenters. The molecule has 1 aromatic heterocycles. The standard InChI is InChI=1S/C23H32N6O/c1-3-24-23(25-17-20-7-6-8-22(16-20)28-9-4-5-10-28)29-13-11-27(12-14-29)18-21-15-19(2)30-26-21/h4-8,15-16H,3,9-14,17-18H2,1-2H3,(H,24,25). The van der Waals surface area contributed by atoms with E-state index in [2.05, 4.69) is 68.5 Å². The molecule has 0 unspecified atom stereocenters. The largest absolute Gasteiger partial charge is 0.364 e. The van der Waals surface area contributed by atoms with Gasteiger partial charge in [0.25, 0.3) is 0 Å². The van der Waals surface area contributed by atoms with Crippen molar-refractivity contribution in [1.82, 2.24) is 20.3 Å². The van der Waals surface area contributed by atoms with Gasteiger partial charge in [0.2, 0.25) is 0 Å². The highest BCUT2D eigenvalue weighted by Crippen LogP contribution is 2.19. The molecule has 1 aromatic carbocycles. The lowest BCUT2D eigenvalue weighted by atomic mass is 10.2. The van der Waals surface area contributed by atoms with Crippen molar-refractivity contribution >= 4 is 11.6 Å². The van der Waals surface area contributed by atoms with E-state index in [1.165, 1.54) is 11.3 Å². The monoisotopic (exact) mass is 408 g/mol. The Morgan fingerprint density at radius 2 is 1.93 bits per heavy atom. The van der Waals surface area contributed by atoms with Gasteiger partial charge in [-0.3, -0.25) is 4.90 Å². The SMILES string of the molecule is CCNC(=NCc1cccc(N2CC=CC2)c1)N1CCN(Cc2cc(C)on2)CC1. The third-order valence-electron chi connectivity index (χ3n) is 5.57. The van der Waals surface area contributed by atoms with Crippen molar-refractivity contribution in [3.05, 3.63) is 59.5 Å². The molecule has 2 aliphatic heterocycles. The van der Waals surface area contributed by atoms with Crippen LogP contribution in [0.15, 0.2) is 52.0 Å². The highest BCUT2D eigenvalue weighted by Gasteiger charge is 2.20. The van der Waals surface area contributed by atoms with Crippen molar-refractivity contribution < 1.29 is 4.52 Å². The molecule has 3 heterocycles. The van der Waals surface area contributed by atoms with Gasteiger partial charge in [-0.15, -0.1) is 0 Å². The minimum Gasteiger partial charge on any atom is -0.364 e. The highest BCUT2D eigenvalue weighted by atomic mass is 16.5. The summed E-state index contributed by atoms with van der Waals surface area (Å²) in [7, 11) is 0. The van der Waals surface area contributed by atoms with E-state index in [1.807, 2.05) is 13.0 Å². The lowest BCUT2D eigenvalue weighted by Gasteiger charge is -2.36. The van der Waals surface area contributed by atoms with Crippen LogP contribution < -0.4 is 10.2 Å². The second-order valence-corrected chi connectivity index (χ2v) is 7.91. The Bertz CT molecular complexity index is 873. The summed E-state index contributed by atoms with van der Waals surface area (Å²) in [6, 6.07) is 10.8. The molecule has 1 fully saturated rings. The Labute approximate surface area is 179 Å². The van der Waals surface area contributed by atoms with E-state index < -0.39 is 0 Å². The lowest BCUT2D eigenvalue weighted by molar-refractivity contribution is 0.169. The average Bonchev–Trinajstić information content (AvgIpc) is 3.44. The van der Waals surface area contributed by atoms with Crippen molar-refractivity contribution in [3.8, 4) is 0 Å². The Kier molecular flexibility index (Phi) is 6.69. The Morgan fingerprint density at radius 1 is 1.13 bits per heavy atom. The minimum absolute atomic E-state index is 0.690. The zero-order valence-corrected chi connectivity index (χ0v) is 18.0. The van der Waals surface area contributed by atoms with Crippen LogP contribution in [-0.2, 0) is 13.1 Å². The Morgan fingerprint density at radius 3 is 2.63 bits per heavy atom. The van der Waals surface area contributed by atoms with E-state index in [4.69, 9.17) is 9.52 Å². The summed E-state index contributed by atoms with van der Waals surface area (Å²) >= 11 is 0. The summed E-state index contributed by atoms with van der Waals surface area (Å²) in [5, 5.41) is 7.59. The zero-order valence-electron chi connectivity index (χ0n) is 18.0. The molecule has 1 N–H and O–H groups in total. The van der Waals surface area contributed by atoms with Crippen LogP contribution in [0.5, 0.6) is 0 Å². The van der Waals surface area contributed by atoms with Gasteiger partial charge in [0.15, 0.2) is 5.96 Å². The zero-order chi connectivity index (χ0) is 20.8. The molecule has 7 nitrogen and oxygen atoms in total. The number of anilines is 1. The van der Waals surface area contributed by atoms with Crippen molar-refractivity contribution in [3.63, 3.8) is 0 Å². The van der Waals surface area contributed by atoms with Crippen molar-refractivity contribution in [1.29, 1.82) is 0 Å². The molecule has 7 heteroatoms. The van der Waals surface area contributed by atoms with Gasteiger partial charge in [-0.1, -0.05) is 29.4 Å². The van der Waals surface area contributed by atoms with E-state index in [0.29, 0.717) is 6.54 Å². The molecular formula is C23H32N6O. The molecule has 0 spiro atoms. The maximum absolute atomic E-state index is 5.19. The number of guanidine groups is 1. The predicted octanol–water partition coefficient (Wildman–Crippen LogP) is 2.64. The number of nitrogens with one attached hydrogen (secondary N) is 1. The van der Waals surface area contributed by atoms with E-state index in [-0.39, 0.29) is 0 Å². The van der Waals surface area contributed by atoms with Crippen molar-refractivity contribution in [2.45, 2.75) is 26.9 Å². The summed E-state index contributed by atoms with van der Waals surface area (Å²) in [5.74, 6) is 1.87. The van der Waals surface area contributed by atoms with Gasteiger partial charge in [0.05, 0.1) is 12.2 Å². The molecule has 2 aromatic rings. The third kappa shape index (κ3) is 5.21. The number of hydrogen-bond acceptors (Lipinski definition) is 5. The second-order valence-electron chi connectivity index (χ2n) is 7.91. The van der Waals surface area contributed by atoms with Gasteiger partial charge >= 0.3 is 0 Å². The quantitative estimate of drug-likeness (QED) is 0.451. The van der Waals surface area contributed by atoms with E-state index in [0.717, 1.165) is 69.8 Å². The fraction of sp³-hybridized carbons (Fsp3) is 0.478. The van der Waals surface area contributed by atoms with Crippen LogP contribution >= 0.6 is 0 Å². The fourth-order valence-corrected chi connectivity index (χ4v) is 3.97. The number of aromatic nitrogens is 1. The van der Waals surface area contributed by atoms with Crippen LogP contribution in [0.1, 0.15) is 23.9 Å². The second kappa shape index (κ2) is 9.80. The molecule has 0 amide bonds. The third-order valence-corrected chi connectivity index (χ3v) is 5.57. The average molecular weight is 409 g/mol. The first-order valence-electron chi connectivity index (χ1n) is 10.9. The van der Waals surface area contributed by atoms with Crippen LogP contribution in [0.3, 0.4) is 0 Å². The number of rotatable bonds is 6. The van der Waals surface area contributed by atoms with Gasteiger partial charge in [-0.25, -0.2) is 4.99 Å². The fourth-order valence-electron chi connectivity index (χ4n) is 3.97. The summed E-state index contributed by atoms with van der Waals surface area (Å²) in [6.45, 7) is 12.4. The molecule has 0 saturated carbocycles. The van der Waals surface area contributed by atoms with Gasteiger partial charge in [-0.05, 0) is 31.5 Å².